The molecule has 0 spiro atoms. The Bertz CT molecular complexity index is 637. The normalized spacial score (nSPS) is 18.9. The van der Waals surface area contributed by atoms with Crippen molar-refractivity contribution >= 4 is 44.3 Å². The molecule has 0 bridgehead atoms. The minimum atomic E-state index is 0.122. The van der Waals surface area contributed by atoms with Gasteiger partial charge >= 0.3 is 0 Å². The van der Waals surface area contributed by atoms with Gasteiger partial charge in [0.25, 0.3) is 0 Å². The number of alkyl halides is 1. The number of aliphatic hydroxyl groups excluding tert-OH is 1. The molecular formula is C14H15BrClN3O. The van der Waals surface area contributed by atoms with E-state index in [1.807, 2.05) is 18.2 Å². The first-order valence-electron chi connectivity index (χ1n) is 6.63. The van der Waals surface area contributed by atoms with Crippen molar-refractivity contribution in [2.45, 2.75) is 24.2 Å². The van der Waals surface area contributed by atoms with Gasteiger partial charge in [-0.05, 0) is 36.1 Å². The average molecular weight is 357 g/mol. The van der Waals surface area contributed by atoms with E-state index < -0.39 is 0 Å². The number of nitrogens with zero attached hydrogens (tertiary/aromatic N) is 3. The smallest absolute Gasteiger partial charge is 0.224 e. The van der Waals surface area contributed by atoms with Crippen LogP contribution in [-0.2, 0) is 5.33 Å². The maximum atomic E-state index is 9.51. The summed E-state index contributed by atoms with van der Waals surface area (Å²) in [4.78, 5) is 10.9. The third-order valence-corrected chi connectivity index (χ3v) is 4.54. The van der Waals surface area contributed by atoms with E-state index in [9.17, 15) is 5.11 Å². The molecule has 1 aromatic carbocycles. The molecular weight excluding hydrogens is 342 g/mol. The monoisotopic (exact) mass is 355 g/mol. The molecule has 3 rings (SSSR count). The molecule has 1 N–H and O–H groups in total. The second kappa shape index (κ2) is 5.84. The molecule has 1 fully saturated rings. The average Bonchev–Trinajstić information content (AvgIpc) is 2.94. The topological polar surface area (TPSA) is 49.2 Å². The highest BCUT2D eigenvalue weighted by Gasteiger charge is 2.27. The molecule has 0 saturated carbocycles. The van der Waals surface area contributed by atoms with Gasteiger partial charge in [-0.2, -0.15) is 4.98 Å². The van der Waals surface area contributed by atoms with Gasteiger partial charge in [0, 0.05) is 17.3 Å². The molecule has 1 atom stereocenters. The van der Waals surface area contributed by atoms with Gasteiger partial charge < -0.3 is 10.0 Å². The summed E-state index contributed by atoms with van der Waals surface area (Å²) in [5, 5.41) is 11.5. The summed E-state index contributed by atoms with van der Waals surface area (Å²) < 4.78 is 0. The van der Waals surface area contributed by atoms with E-state index in [2.05, 4.69) is 30.8 Å². The van der Waals surface area contributed by atoms with Crippen LogP contribution in [0.2, 0.25) is 5.28 Å². The van der Waals surface area contributed by atoms with Crippen LogP contribution in [0.5, 0.6) is 0 Å². The van der Waals surface area contributed by atoms with Gasteiger partial charge in [-0.25, -0.2) is 4.98 Å². The second-order valence-corrected chi connectivity index (χ2v) is 5.83. The summed E-state index contributed by atoms with van der Waals surface area (Å²) in [6.45, 7) is 1.04. The Hall–Kier alpha value is -0.910. The maximum absolute atomic E-state index is 9.51. The van der Waals surface area contributed by atoms with Crippen molar-refractivity contribution < 1.29 is 5.11 Å². The zero-order chi connectivity index (χ0) is 14.1. The lowest BCUT2D eigenvalue weighted by Gasteiger charge is -2.25. The Morgan fingerprint density at radius 3 is 3.00 bits per heavy atom. The number of hydrogen-bond acceptors (Lipinski definition) is 4. The fraction of sp³-hybridized carbons (Fsp3) is 0.429. The van der Waals surface area contributed by atoms with Crippen molar-refractivity contribution in [3.05, 3.63) is 29.0 Å². The van der Waals surface area contributed by atoms with Crippen LogP contribution in [0.3, 0.4) is 0 Å². The van der Waals surface area contributed by atoms with E-state index in [0.29, 0.717) is 0 Å². The molecule has 2 heterocycles. The largest absolute Gasteiger partial charge is 0.394 e. The van der Waals surface area contributed by atoms with Crippen molar-refractivity contribution in [3.63, 3.8) is 0 Å². The Balaban J connectivity index is 2.20. The van der Waals surface area contributed by atoms with E-state index in [4.69, 9.17) is 11.6 Å². The zero-order valence-electron chi connectivity index (χ0n) is 10.9. The molecule has 0 aliphatic carbocycles. The zero-order valence-corrected chi connectivity index (χ0v) is 13.2. The quantitative estimate of drug-likeness (QED) is 0.678. The Kier molecular flexibility index (Phi) is 4.10. The SMILES string of the molecule is OC[C@@H]1CCCN1c1nc(Cl)nc2c(CBr)cccc12. The predicted octanol–water partition coefficient (Wildman–Crippen LogP) is 3.14. The number of hydrogen-bond donors (Lipinski definition) is 1. The third-order valence-electron chi connectivity index (χ3n) is 3.77. The summed E-state index contributed by atoms with van der Waals surface area (Å²) in [6, 6.07) is 6.17. The lowest BCUT2D eigenvalue weighted by Crippen LogP contribution is -2.33. The van der Waals surface area contributed by atoms with Gasteiger partial charge in [-0.3, -0.25) is 0 Å². The van der Waals surface area contributed by atoms with Crippen molar-refractivity contribution in [1.82, 2.24) is 9.97 Å². The summed E-state index contributed by atoms with van der Waals surface area (Å²) in [5.41, 5.74) is 1.97. The van der Waals surface area contributed by atoms with Gasteiger partial charge in [-0.15, -0.1) is 0 Å². The first-order valence-corrected chi connectivity index (χ1v) is 8.13. The molecule has 0 amide bonds. The third kappa shape index (κ3) is 2.38. The molecule has 1 aliphatic rings. The van der Waals surface area contributed by atoms with Gasteiger partial charge in [0.1, 0.15) is 5.82 Å². The summed E-state index contributed by atoms with van der Waals surface area (Å²) >= 11 is 9.58. The summed E-state index contributed by atoms with van der Waals surface area (Å²) in [7, 11) is 0. The Morgan fingerprint density at radius 1 is 1.40 bits per heavy atom. The van der Waals surface area contributed by atoms with Crippen LogP contribution in [0.1, 0.15) is 18.4 Å². The van der Waals surface area contributed by atoms with Crippen molar-refractivity contribution in [2.24, 2.45) is 0 Å². The summed E-state index contributed by atoms with van der Waals surface area (Å²) in [5.74, 6) is 0.833. The van der Waals surface area contributed by atoms with Crippen LogP contribution in [-0.4, -0.2) is 34.3 Å². The van der Waals surface area contributed by atoms with Gasteiger partial charge in [0.15, 0.2) is 0 Å². The minimum absolute atomic E-state index is 0.122. The highest BCUT2D eigenvalue weighted by Crippen LogP contribution is 2.32. The molecule has 4 nitrogen and oxygen atoms in total. The Morgan fingerprint density at radius 2 is 2.25 bits per heavy atom. The first kappa shape index (κ1) is 14.0. The molecule has 0 radical (unpaired) electrons. The predicted molar refractivity (Wildman–Crippen MR) is 84.6 cm³/mol. The molecule has 20 heavy (non-hydrogen) atoms. The van der Waals surface area contributed by atoms with E-state index in [1.165, 1.54) is 0 Å². The van der Waals surface area contributed by atoms with E-state index in [-0.39, 0.29) is 17.9 Å². The number of fused-ring (bicyclic) bond motifs is 1. The summed E-state index contributed by atoms with van der Waals surface area (Å²) in [6.07, 6.45) is 2.05. The van der Waals surface area contributed by atoms with Crippen LogP contribution in [0.15, 0.2) is 18.2 Å². The molecule has 106 valence electrons. The lowest BCUT2D eigenvalue weighted by atomic mass is 10.1. The number of aromatic nitrogens is 2. The van der Waals surface area contributed by atoms with Crippen LogP contribution < -0.4 is 4.90 Å². The first-order chi connectivity index (χ1) is 9.74. The number of rotatable bonds is 3. The van der Waals surface area contributed by atoms with Gasteiger partial charge in [0.05, 0.1) is 18.2 Å². The van der Waals surface area contributed by atoms with E-state index >= 15 is 0 Å². The van der Waals surface area contributed by atoms with Gasteiger partial charge in [0.2, 0.25) is 5.28 Å². The minimum Gasteiger partial charge on any atom is -0.394 e. The Labute approximate surface area is 130 Å². The van der Waals surface area contributed by atoms with Crippen LogP contribution >= 0.6 is 27.5 Å². The number of benzene rings is 1. The van der Waals surface area contributed by atoms with E-state index in [0.717, 1.165) is 47.0 Å². The van der Waals surface area contributed by atoms with E-state index in [1.54, 1.807) is 0 Å². The van der Waals surface area contributed by atoms with Crippen LogP contribution in [0.4, 0.5) is 5.82 Å². The highest BCUT2D eigenvalue weighted by atomic mass is 79.9. The standard InChI is InChI=1S/C14H15BrClN3O/c15-7-9-3-1-5-11-12(9)17-14(16)18-13(11)19-6-2-4-10(19)8-20/h1,3,5,10,20H,2,4,6-8H2/t10-/m0/s1. The molecule has 1 saturated heterocycles. The fourth-order valence-electron chi connectivity index (χ4n) is 2.80. The van der Waals surface area contributed by atoms with Gasteiger partial charge in [-0.1, -0.05) is 28.1 Å². The molecule has 6 heteroatoms. The van der Waals surface area contributed by atoms with Crippen LogP contribution in [0.25, 0.3) is 10.9 Å². The fourth-order valence-corrected chi connectivity index (χ4v) is 3.42. The van der Waals surface area contributed by atoms with Crippen molar-refractivity contribution in [1.29, 1.82) is 0 Å². The van der Waals surface area contributed by atoms with Crippen LogP contribution in [0, 0.1) is 0 Å². The number of halogens is 2. The molecule has 2 aromatic rings. The highest BCUT2D eigenvalue weighted by molar-refractivity contribution is 9.08. The lowest BCUT2D eigenvalue weighted by molar-refractivity contribution is 0.266. The number of para-hydroxylation sites is 1. The molecule has 0 unspecified atom stereocenters. The second-order valence-electron chi connectivity index (χ2n) is 4.94. The number of aliphatic hydroxyl groups is 1. The maximum Gasteiger partial charge on any atom is 0.224 e. The molecule has 1 aliphatic heterocycles. The molecule has 1 aromatic heterocycles. The number of anilines is 1. The van der Waals surface area contributed by atoms with Crippen molar-refractivity contribution in [3.8, 4) is 0 Å². The van der Waals surface area contributed by atoms with Crippen molar-refractivity contribution in [2.75, 3.05) is 18.1 Å².